The minimum atomic E-state index is 0.000773. The number of halogens is 2. The number of hydrogen-bond donors (Lipinski definition) is 0. The molecule has 136 valence electrons. The van der Waals surface area contributed by atoms with Gasteiger partial charge in [0.1, 0.15) is 11.6 Å². The minimum Gasteiger partial charge on any atom is -0.496 e. The molecule has 1 aliphatic rings. The van der Waals surface area contributed by atoms with Crippen molar-refractivity contribution in [3.63, 3.8) is 0 Å². The van der Waals surface area contributed by atoms with Crippen molar-refractivity contribution < 1.29 is 9.53 Å². The third kappa shape index (κ3) is 3.94. The molecule has 2 aromatic carbocycles. The monoisotopic (exact) mass is 434 g/mol. The van der Waals surface area contributed by atoms with Gasteiger partial charge in [-0.15, -0.1) is 0 Å². The van der Waals surface area contributed by atoms with Crippen LogP contribution in [-0.2, 0) is 17.6 Å². The van der Waals surface area contributed by atoms with Crippen molar-refractivity contribution >= 4 is 39.3 Å². The summed E-state index contributed by atoms with van der Waals surface area (Å²) in [6, 6.07) is 11.7. The molecule has 4 nitrogen and oxygen atoms in total. The largest absolute Gasteiger partial charge is 0.496 e. The number of ether oxygens (including phenoxy) is 1. The fourth-order valence-electron chi connectivity index (χ4n) is 3.21. The molecule has 2 aromatic rings. The summed E-state index contributed by atoms with van der Waals surface area (Å²) in [6.07, 6.45) is 1.50. The molecule has 0 atom stereocenters. The topological polar surface area (TPSA) is 41.9 Å². The molecule has 0 saturated carbocycles. The molecule has 1 aliphatic heterocycles. The average molecular weight is 436 g/mol. The maximum atomic E-state index is 11.9. The smallest absolute Gasteiger partial charge is 0.225 e. The molecule has 0 radical (unpaired) electrons. The Kier molecular flexibility index (Phi) is 5.99. The van der Waals surface area contributed by atoms with E-state index in [9.17, 15) is 4.79 Å². The van der Waals surface area contributed by atoms with Crippen LogP contribution in [0.1, 0.15) is 23.6 Å². The maximum absolute atomic E-state index is 11.9. The lowest BCUT2D eigenvalue weighted by Crippen LogP contribution is -2.33. The zero-order valence-corrected chi connectivity index (χ0v) is 17.1. The molecule has 1 heterocycles. The Bertz CT molecular complexity index is 867. The first-order chi connectivity index (χ1) is 12.5. The number of methoxy groups -OCH3 is 1. The molecule has 0 N–H and O–H groups in total. The Morgan fingerprint density at radius 1 is 1.31 bits per heavy atom. The van der Waals surface area contributed by atoms with E-state index in [0.29, 0.717) is 18.1 Å². The molecule has 0 spiro atoms. The Balaban J connectivity index is 1.92. The lowest BCUT2D eigenvalue weighted by molar-refractivity contribution is -0.124. The molecule has 3 rings (SSSR count). The fourth-order valence-corrected chi connectivity index (χ4v) is 3.89. The van der Waals surface area contributed by atoms with Crippen molar-refractivity contribution in [2.24, 2.45) is 4.99 Å². The highest BCUT2D eigenvalue weighted by Gasteiger charge is 2.24. The van der Waals surface area contributed by atoms with E-state index in [2.05, 4.69) is 27.0 Å². The number of hydrogen-bond acceptors (Lipinski definition) is 3. The first-order valence-electron chi connectivity index (χ1n) is 8.44. The van der Waals surface area contributed by atoms with E-state index in [1.165, 1.54) is 0 Å². The van der Waals surface area contributed by atoms with Gasteiger partial charge in [0, 0.05) is 28.5 Å². The van der Waals surface area contributed by atoms with E-state index in [4.69, 9.17) is 16.3 Å². The third-order valence-corrected chi connectivity index (χ3v) is 5.31. The summed E-state index contributed by atoms with van der Waals surface area (Å²) in [5, 5.41) is 0.689. The summed E-state index contributed by atoms with van der Waals surface area (Å²) in [6.45, 7) is 2.81. The summed E-state index contributed by atoms with van der Waals surface area (Å²) < 4.78 is 6.48. The van der Waals surface area contributed by atoms with Crippen molar-refractivity contribution in [1.82, 2.24) is 4.90 Å². The summed E-state index contributed by atoms with van der Waals surface area (Å²) >= 11 is 10.0. The van der Waals surface area contributed by atoms with Gasteiger partial charge in [-0.1, -0.05) is 39.7 Å². The maximum Gasteiger partial charge on any atom is 0.225 e. The van der Waals surface area contributed by atoms with Gasteiger partial charge in [0.2, 0.25) is 5.91 Å². The highest BCUT2D eigenvalue weighted by molar-refractivity contribution is 9.10. The lowest BCUT2D eigenvalue weighted by atomic mass is 9.98. The van der Waals surface area contributed by atoms with Gasteiger partial charge in [-0.2, -0.15) is 0 Å². The van der Waals surface area contributed by atoms with Gasteiger partial charge in [0.25, 0.3) is 0 Å². The van der Waals surface area contributed by atoms with E-state index in [1.807, 2.05) is 30.3 Å². The van der Waals surface area contributed by atoms with E-state index in [0.717, 1.165) is 45.6 Å². The van der Waals surface area contributed by atoms with E-state index < -0.39 is 0 Å². The Morgan fingerprint density at radius 2 is 2.12 bits per heavy atom. The summed E-state index contributed by atoms with van der Waals surface area (Å²) in [4.78, 5) is 18.2. The van der Waals surface area contributed by atoms with Crippen LogP contribution >= 0.6 is 27.5 Å². The first-order valence-corrected chi connectivity index (χ1v) is 9.61. The Morgan fingerprint density at radius 3 is 2.85 bits per heavy atom. The van der Waals surface area contributed by atoms with Crippen molar-refractivity contribution in [1.29, 1.82) is 0 Å². The number of carbonyl (C=O) groups is 1. The van der Waals surface area contributed by atoms with E-state index in [-0.39, 0.29) is 5.91 Å². The van der Waals surface area contributed by atoms with Crippen LogP contribution in [0.3, 0.4) is 0 Å². The minimum absolute atomic E-state index is 0.000773. The van der Waals surface area contributed by atoms with E-state index in [1.54, 1.807) is 18.9 Å². The molecule has 0 saturated heterocycles. The van der Waals surface area contributed by atoms with Gasteiger partial charge in [-0.05, 0) is 48.2 Å². The normalized spacial score (nSPS) is 13.7. The number of rotatable bonds is 5. The molecule has 0 aromatic heterocycles. The number of aryl methyl sites for hydroxylation is 1. The Labute approximate surface area is 167 Å². The molecular weight excluding hydrogens is 416 g/mol. The quantitative estimate of drug-likeness (QED) is 0.693. The van der Waals surface area contributed by atoms with Gasteiger partial charge in [-0.25, -0.2) is 0 Å². The molecule has 1 amide bonds. The standard InChI is InChI=1S/C20H20BrClN2O2/c1-13(25)24-11-10-23-20(24)17-4-3-5-18(22)16(17)8-6-14-12-15(21)7-9-19(14)26-2/h3-5,7,9,12H,6,8,10-11H2,1-2H3. The van der Waals surface area contributed by atoms with Gasteiger partial charge >= 0.3 is 0 Å². The van der Waals surface area contributed by atoms with Crippen molar-refractivity contribution in [3.8, 4) is 5.75 Å². The molecule has 0 aliphatic carbocycles. The molecular formula is C20H20BrClN2O2. The number of amides is 1. The van der Waals surface area contributed by atoms with Crippen LogP contribution in [0.25, 0.3) is 0 Å². The number of carbonyl (C=O) groups excluding carboxylic acids is 1. The van der Waals surface area contributed by atoms with Gasteiger partial charge in [-0.3, -0.25) is 14.7 Å². The summed E-state index contributed by atoms with van der Waals surface area (Å²) in [5.41, 5.74) is 3.03. The van der Waals surface area contributed by atoms with Crippen LogP contribution in [-0.4, -0.2) is 36.8 Å². The SMILES string of the molecule is COc1ccc(Br)cc1CCc1c(Cl)cccc1C1=NCCN1C(C)=O. The second kappa shape index (κ2) is 8.23. The fraction of sp³-hybridized carbons (Fsp3) is 0.300. The summed E-state index contributed by atoms with van der Waals surface area (Å²) in [7, 11) is 1.67. The second-order valence-electron chi connectivity index (χ2n) is 6.10. The van der Waals surface area contributed by atoms with Crippen LogP contribution < -0.4 is 4.74 Å². The zero-order chi connectivity index (χ0) is 18.7. The summed E-state index contributed by atoms with van der Waals surface area (Å²) in [5.74, 6) is 1.57. The number of amidine groups is 1. The van der Waals surface area contributed by atoms with E-state index >= 15 is 0 Å². The van der Waals surface area contributed by atoms with Crippen molar-refractivity contribution in [2.45, 2.75) is 19.8 Å². The highest BCUT2D eigenvalue weighted by atomic mass is 79.9. The predicted molar refractivity (Wildman–Crippen MR) is 108 cm³/mol. The molecule has 6 heteroatoms. The number of aliphatic imine (C=N–C) groups is 1. The molecule has 26 heavy (non-hydrogen) atoms. The zero-order valence-electron chi connectivity index (χ0n) is 14.8. The number of benzene rings is 2. The first kappa shape index (κ1) is 18.9. The van der Waals surface area contributed by atoms with Crippen molar-refractivity contribution in [3.05, 3.63) is 62.6 Å². The number of nitrogens with zero attached hydrogens (tertiary/aromatic N) is 2. The van der Waals surface area contributed by atoms with Crippen LogP contribution in [0.5, 0.6) is 5.75 Å². The molecule has 0 bridgehead atoms. The molecule has 0 unspecified atom stereocenters. The van der Waals surface area contributed by atoms with Gasteiger partial charge < -0.3 is 4.74 Å². The second-order valence-corrected chi connectivity index (χ2v) is 7.42. The molecule has 0 fully saturated rings. The van der Waals surface area contributed by atoms with Gasteiger partial charge in [0.05, 0.1) is 13.7 Å². The van der Waals surface area contributed by atoms with Gasteiger partial charge in [0.15, 0.2) is 0 Å². The van der Waals surface area contributed by atoms with Crippen LogP contribution in [0.4, 0.5) is 0 Å². The van der Waals surface area contributed by atoms with Crippen molar-refractivity contribution in [2.75, 3.05) is 20.2 Å². The Hall–Kier alpha value is -1.85. The third-order valence-electron chi connectivity index (χ3n) is 4.47. The van der Waals surface area contributed by atoms with Crippen LogP contribution in [0.2, 0.25) is 5.02 Å². The highest BCUT2D eigenvalue weighted by Crippen LogP contribution is 2.28. The van der Waals surface area contributed by atoms with Crippen LogP contribution in [0, 0.1) is 0 Å². The van der Waals surface area contributed by atoms with Crippen LogP contribution in [0.15, 0.2) is 45.9 Å². The predicted octanol–water partition coefficient (Wildman–Crippen LogP) is 4.51. The lowest BCUT2D eigenvalue weighted by Gasteiger charge is -2.19. The average Bonchev–Trinajstić information content (AvgIpc) is 3.10.